The fourth-order valence-electron chi connectivity index (χ4n) is 1.83. The first-order valence-corrected chi connectivity index (χ1v) is 7.67. The first kappa shape index (κ1) is 15.2. The topological polar surface area (TPSA) is 79.5 Å². The van der Waals surface area contributed by atoms with Crippen LogP contribution in [0.4, 0.5) is 0 Å². The number of benzene rings is 1. The van der Waals surface area contributed by atoms with Gasteiger partial charge in [-0.2, -0.15) is 11.8 Å². The van der Waals surface area contributed by atoms with Crippen molar-refractivity contribution >= 4 is 23.6 Å². The molecular weight excluding hydrogens is 290 g/mol. The van der Waals surface area contributed by atoms with Gasteiger partial charge < -0.3 is 14.8 Å². The molecule has 0 atom stereocenters. The Morgan fingerprint density at radius 1 is 1.29 bits per heavy atom. The quantitative estimate of drug-likeness (QED) is 0.858. The fraction of sp³-hybridized carbons (Fsp3) is 0.200. The van der Waals surface area contributed by atoms with E-state index in [9.17, 15) is 9.59 Å². The van der Waals surface area contributed by atoms with Crippen molar-refractivity contribution < 1.29 is 19.1 Å². The molecule has 2 aromatic rings. The third-order valence-corrected chi connectivity index (χ3v) is 3.42. The lowest BCUT2D eigenvalue weighted by Crippen LogP contribution is -2.22. The molecule has 1 aromatic carbocycles. The summed E-state index contributed by atoms with van der Waals surface area (Å²) in [6.45, 7) is 0.152. The molecule has 1 heterocycles. The highest BCUT2D eigenvalue weighted by Crippen LogP contribution is 2.12. The maximum atomic E-state index is 12.0. The monoisotopic (exact) mass is 305 g/mol. The van der Waals surface area contributed by atoms with Crippen molar-refractivity contribution in [1.29, 1.82) is 0 Å². The molecular formula is C15H15NO4S. The second kappa shape index (κ2) is 6.99. The summed E-state index contributed by atoms with van der Waals surface area (Å²) in [6.07, 6.45) is 2.00. The number of furan rings is 1. The highest BCUT2D eigenvalue weighted by atomic mass is 32.2. The van der Waals surface area contributed by atoms with Crippen molar-refractivity contribution in [1.82, 2.24) is 5.32 Å². The Hall–Kier alpha value is -2.21. The van der Waals surface area contributed by atoms with E-state index in [1.54, 1.807) is 17.8 Å². The molecule has 2 N–H and O–H groups in total. The number of carboxylic acid groups (broad SMARTS) is 1. The molecule has 0 spiro atoms. The second-order valence-electron chi connectivity index (χ2n) is 4.39. The maximum absolute atomic E-state index is 12.0. The van der Waals surface area contributed by atoms with E-state index in [0.717, 1.165) is 11.3 Å². The minimum absolute atomic E-state index is 0.138. The molecule has 0 bridgehead atoms. The van der Waals surface area contributed by atoms with Crippen molar-refractivity contribution in [3.8, 4) is 0 Å². The van der Waals surface area contributed by atoms with E-state index in [-0.39, 0.29) is 18.2 Å². The molecule has 0 aliphatic rings. The SMILES string of the molecule is CSCc1cccc(C(=O)NCc2ccc(C(=O)O)o2)c1. The minimum Gasteiger partial charge on any atom is -0.475 e. The normalized spacial score (nSPS) is 10.3. The highest BCUT2D eigenvalue weighted by molar-refractivity contribution is 7.97. The van der Waals surface area contributed by atoms with Crippen molar-refractivity contribution in [2.45, 2.75) is 12.3 Å². The lowest BCUT2D eigenvalue weighted by Gasteiger charge is -2.05. The molecule has 2 rings (SSSR count). The molecule has 1 amide bonds. The maximum Gasteiger partial charge on any atom is 0.371 e. The Morgan fingerprint density at radius 2 is 2.10 bits per heavy atom. The van der Waals surface area contributed by atoms with Crippen LogP contribution in [-0.2, 0) is 12.3 Å². The number of carbonyl (C=O) groups is 2. The zero-order chi connectivity index (χ0) is 15.2. The number of hydrogen-bond acceptors (Lipinski definition) is 4. The van der Waals surface area contributed by atoms with Gasteiger partial charge in [-0.05, 0) is 36.1 Å². The van der Waals surface area contributed by atoms with Gasteiger partial charge in [0.05, 0.1) is 6.54 Å². The van der Waals surface area contributed by atoms with Crippen LogP contribution in [0, 0.1) is 0 Å². The summed E-state index contributed by atoms with van der Waals surface area (Å²) in [5.74, 6) is -0.229. The average Bonchev–Trinajstić information content (AvgIpc) is 2.94. The Kier molecular flexibility index (Phi) is 5.05. The zero-order valence-electron chi connectivity index (χ0n) is 11.5. The van der Waals surface area contributed by atoms with Crippen LogP contribution in [0.25, 0.3) is 0 Å². The lowest BCUT2D eigenvalue weighted by atomic mass is 10.1. The standard InChI is InChI=1S/C15H15NO4S/c1-21-9-10-3-2-4-11(7-10)14(17)16-8-12-5-6-13(20-12)15(18)19/h2-7H,8-9H2,1H3,(H,16,17)(H,18,19). The van der Waals surface area contributed by atoms with E-state index in [4.69, 9.17) is 9.52 Å². The largest absolute Gasteiger partial charge is 0.475 e. The molecule has 110 valence electrons. The lowest BCUT2D eigenvalue weighted by molar-refractivity contribution is 0.0660. The van der Waals surface area contributed by atoms with E-state index in [2.05, 4.69) is 5.32 Å². The first-order valence-electron chi connectivity index (χ1n) is 6.28. The summed E-state index contributed by atoms with van der Waals surface area (Å²) in [5, 5.41) is 11.5. The predicted octanol–water partition coefficient (Wildman–Crippen LogP) is 2.77. The van der Waals surface area contributed by atoms with Crippen molar-refractivity contribution in [3.05, 3.63) is 59.0 Å². The van der Waals surface area contributed by atoms with Crippen LogP contribution in [0.3, 0.4) is 0 Å². The molecule has 0 aliphatic heterocycles. The number of aromatic carboxylic acids is 1. The summed E-state index contributed by atoms with van der Waals surface area (Å²) in [7, 11) is 0. The molecule has 0 unspecified atom stereocenters. The van der Waals surface area contributed by atoms with Crippen molar-refractivity contribution in [2.24, 2.45) is 0 Å². The van der Waals surface area contributed by atoms with Crippen LogP contribution in [0.5, 0.6) is 0 Å². The smallest absolute Gasteiger partial charge is 0.371 e. The molecule has 21 heavy (non-hydrogen) atoms. The number of nitrogens with one attached hydrogen (secondary N) is 1. The van der Waals surface area contributed by atoms with E-state index in [1.165, 1.54) is 12.1 Å². The number of thioether (sulfide) groups is 1. The van der Waals surface area contributed by atoms with Gasteiger partial charge in [-0.25, -0.2) is 4.79 Å². The second-order valence-corrected chi connectivity index (χ2v) is 5.25. The average molecular weight is 305 g/mol. The number of carbonyl (C=O) groups excluding carboxylic acids is 1. The molecule has 1 aromatic heterocycles. The summed E-state index contributed by atoms with van der Waals surface area (Å²) in [4.78, 5) is 22.7. The van der Waals surface area contributed by atoms with Gasteiger partial charge in [0, 0.05) is 11.3 Å². The molecule has 0 aliphatic carbocycles. The number of amides is 1. The van der Waals surface area contributed by atoms with Gasteiger partial charge in [0.15, 0.2) is 0 Å². The third kappa shape index (κ3) is 4.13. The van der Waals surface area contributed by atoms with Gasteiger partial charge in [0.2, 0.25) is 5.76 Å². The molecule has 6 heteroatoms. The van der Waals surface area contributed by atoms with Crippen LogP contribution in [0.1, 0.15) is 32.2 Å². The van der Waals surface area contributed by atoms with Crippen LogP contribution >= 0.6 is 11.8 Å². The molecule has 0 fully saturated rings. The van der Waals surface area contributed by atoms with Crippen LogP contribution < -0.4 is 5.32 Å². The van der Waals surface area contributed by atoms with E-state index in [1.807, 2.05) is 24.5 Å². The summed E-state index contributed by atoms with van der Waals surface area (Å²) in [6, 6.07) is 10.3. The molecule has 5 nitrogen and oxygen atoms in total. The van der Waals surface area contributed by atoms with E-state index < -0.39 is 5.97 Å². The zero-order valence-corrected chi connectivity index (χ0v) is 12.3. The van der Waals surface area contributed by atoms with Crippen molar-refractivity contribution in [2.75, 3.05) is 6.26 Å². The molecule has 0 radical (unpaired) electrons. The van der Waals surface area contributed by atoms with Gasteiger partial charge in [-0.1, -0.05) is 12.1 Å². The van der Waals surface area contributed by atoms with Gasteiger partial charge in [0.25, 0.3) is 5.91 Å². The Balaban J connectivity index is 1.97. The van der Waals surface area contributed by atoms with Crippen LogP contribution in [-0.4, -0.2) is 23.2 Å². The summed E-state index contributed by atoms with van der Waals surface area (Å²) in [5.41, 5.74) is 1.66. The van der Waals surface area contributed by atoms with Crippen LogP contribution in [0.2, 0.25) is 0 Å². The molecule has 0 saturated heterocycles. The Labute approximate surface area is 126 Å². The Morgan fingerprint density at radius 3 is 2.76 bits per heavy atom. The number of rotatable bonds is 6. The third-order valence-electron chi connectivity index (χ3n) is 2.80. The van der Waals surface area contributed by atoms with E-state index >= 15 is 0 Å². The summed E-state index contributed by atoms with van der Waals surface area (Å²) >= 11 is 1.69. The predicted molar refractivity (Wildman–Crippen MR) is 80.5 cm³/mol. The van der Waals surface area contributed by atoms with Crippen LogP contribution in [0.15, 0.2) is 40.8 Å². The van der Waals surface area contributed by atoms with Gasteiger partial charge in [-0.15, -0.1) is 0 Å². The fourth-order valence-corrected chi connectivity index (χ4v) is 2.34. The van der Waals surface area contributed by atoms with Gasteiger partial charge >= 0.3 is 5.97 Å². The van der Waals surface area contributed by atoms with Gasteiger partial charge in [0.1, 0.15) is 5.76 Å². The number of carboxylic acids is 1. The van der Waals surface area contributed by atoms with E-state index in [0.29, 0.717) is 11.3 Å². The van der Waals surface area contributed by atoms with Crippen molar-refractivity contribution in [3.63, 3.8) is 0 Å². The molecule has 0 saturated carbocycles. The first-order chi connectivity index (χ1) is 10.1. The number of hydrogen-bond donors (Lipinski definition) is 2. The minimum atomic E-state index is -1.13. The van der Waals surface area contributed by atoms with Gasteiger partial charge in [-0.3, -0.25) is 4.79 Å². The Bertz CT molecular complexity index is 651. The highest BCUT2D eigenvalue weighted by Gasteiger charge is 2.11. The summed E-state index contributed by atoms with van der Waals surface area (Å²) < 4.78 is 5.08.